The highest BCUT2D eigenvalue weighted by molar-refractivity contribution is 7.99. The summed E-state index contributed by atoms with van der Waals surface area (Å²) in [6.45, 7) is 3.79. The van der Waals surface area contributed by atoms with E-state index in [4.69, 9.17) is 0 Å². The van der Waals surface area contributed by atoms with Crippen molar-refractivity contribution in [1.82, 2.24) is 0 Å². The van der Waals surface area contributed by atoms with Crippen molar-refractivity contribution in [2.75, 3.05) is 0 Å². The highest BCUT2D eigenvalue weighted by Crippen LogP contribution is 2.36. The monoisotopic (exact) mass is 326 g/mol. The quantitative estimate of drug-likeness (QED) is 0.607. The molecule has 1 aromatic rings. The Kier molecular flexibility index (Phi) is 4.95. The number of hydrogen-bond acceptors (Lipinski definition) is 5. The summed E-state index contributed by atoms with van der Waals surface area (Å²) in [5.74, 6) is -2.78. The van der Waals surface area contributed by atoms with Crippen LogP contribution in [-0.2, 0) is 4.79 Å². The predicted octanol–water partition coefficient (Wildman–Crippen LogP) is 5.24. The second kappa shape index (κ2) is 6.56. The van der Waals surface area contributed by atoms with Crippen molar-refractivity contribution in [1.29, 1.82) is 0 Å². The molecule has 0 unspecified atom stereocenters. The molecule has 1 N–H and O–H groups in total. The van der Waals surface area contributed by atoms with Crippen LogP contribution in [0.3, 0.4) is 0 Å². The number of aliphatic hydroxyl groups excluding tert-OH is 1. The summed E-state index contributed by atoms with van der Waals surface area (Å²) in [6, 6.07) is 6.07. The summed E-state index contributed by atoms with van der Waals surface area (Å²) >= 11 is 0.445. The summed E-state index contributed by atoms with van der Waals surface area (Å²) in [5, 5.41) is 17.6. The fraction of sp³-hybridized carbons (Fsp3) is 0.400. The molecule has 4 nitrogen and oxygen atoms in total. The minimum atomic E-state index is -2.47. The number of ketones is 1. The highest BCUT2D eigenvalue weighted by atomic mass is 32.2. The van der Waals surface area contributed by atoms with Gasteiger partial charge in [-0.05, 0) is 29.7 Å². The Morgan fingerprint density at radius 3 is 2.36 bits per heavy atom. The maximum absolute atomic E-state index is 12.2. The number of carbonyl (C=O) groups is 1. The van der Waals surface area contributed by atoms with E-state index < -0.39 is 5.76 Å². The first-order valence-electron chi connectivity index (χ1n) is 6.69. The summed E-state index contributed by atoms with van der Waals surface area (Å²) in [4.78, 5) is 12.4. The van der Waals surface area contributed by atoms with Crippen LogP contribution in [0.15, 0.2) is 50.8 Å². The van der Waals surface area contributed by atoms with Gasteiger partial charge in [-0.3, -0.25) is 4.79 Å². The van der Waals surface area contributed by atoms with Gasteiger partial charge in [0.15, 0.2) is 11.5 Å². The lowest BCUT2D eigenvalue weighted by molar-refractivity contribution is -0.118. The molecule has 0 saturated carbocycles. The second-order valence-electron chi connectivity index (χ2n) is 5.81. The first kappa shape index (κ1) is 16.6. The van der Waals surface area contributed by atoms with Crippen LogP contribution < -0.4 is 0 Å². The van der Waals surface area contributed by atoms with E-state index >= 15 is 0 Å². The molecule has 0 heterocycles. The van der Waals surface area contributed by atoms with Gasteiger partial charge in [0.25, 0.3) is 5.76 Å². The molecule has 0 bridgehead atoms. The van der Waals surface area contributed by atoms with Gasteiger partial charge in [-0.15, -0.1) is 5.11 Å². The second-order valence-corrected chi connectivity index (χ2v) is 6.87. The maximum atomic E-state index is 12.2. The summed E-state index contributed by atoms with van der Waals surface area (Å²) < 4.78 is 24.4. The SMILES string of the molecule is CC1(C)CC(=O)C(N=Nc2ccc(SC(F)F)cc2)=C(O)C1. The van der Waals surface area contributed by atoms with Crippen molar-refractivity contribution in [3.8, 4) is 0 Å². The van der Waals surface area contributed by atoms with Crippen LogP contribution in [0.2, 0.25) is 0 Å². The summed E-state index contributed by atoms with van der Waals surface area (Å²) in [7, 11) is 0. The molecule has 0 atom stereocenters. The molecule has 0 spiro atoms. The van der Waals surface area contributed by atoms with Gasteiger partial charge in [0, 0.05) is 17.7 Å². The molecule has 1 aliphatic carbocycles. The van der Waals surface area contributed by atoms with Crippen LogP contribution in [0.25, 0.3) is 0 Å². The van der Waals surface area contributed by atoms with E-state index in [9.17, 15) is 18.7 Å². The largest absolute Gasteiger partial charge is 0.510 e. The number of rotatable bonds is 4. The Morgan fingerprint density at radius 1 is 1.18 bits per heavy atom. The number of aliphatic hydroxyl groups is 1. The molecule has 0 amide bonds. The average Bonchev–Trinajstić information content (AvgIpc) is 2.37. The number of benzene rings is 1. The molecule has 0 radical (unpaired) electrons. The number of alkyl halides is 2. The van der Waals surface area contributed by atoms with Crippen molar-refractivity contribution in [3.05, 3.63) is 35.7 Å². The molecule has 22 heavy (non-hydrogen) atoms. The summed E-state index contributed by atoms with van der Waals surface area (Å²) in [6.07, 6.45) is 0.673. The number of allylic oxidation sites excluding steroid dienone is 2. The third-order valence-electron chi connectivity index (χ3n) is 3.15. The van der Waals surface area contributed by atoms with Gasteiger partial charge < -0.3 is 5.11 Å². The van der Waals surface area contributed by atoms with Crippen molar-refractivity contribution < 1.29 is 18.7 Å². The molecular formula is C15H16F2N2O2S. The van der Waals surface area contributed by atoms with Crippen LogP contribution in [0.4, 0.5) is 14.5 Å². The van der Waals surface area contributed by atoms with Gasteiger partial charge >= 0.3 is 0 Å². The Labute approximate surface area is 131 Å². The molecule has 2 rings (SSSR count). The number of thioether (sulfide) groups is 1. The molecule has 0 saturated heterocycles. The van der Waals surface area contributed by atoms with E-state index in [0.29, 0.717) is 35.2 Å². The smallest absolute Gasteiger partial charge is 0.288 e. The van der Waals surface area contributed by atoms with Crippen molar-refractivity contribution in [2.24, 2.45) is 15.6 Å². The van der Waals surface area contributed by atoms with Crippen molar-refractivity contribution in [2.45, 2.75) is 37.3 Å². The lowest BCUT2D eigenvalue weighted by Crippen LogP contribution is -2.25. The Morgan fingerprint density at radius 2 is 1.82 bits per heavy atom. The molecule has 1 aromatic carbocycles. The van der Waals surface area contributed by atoms with E-state index in [2.05, 4.69) is 10.2 Å². The fourth-order valence-electron chi connectivity index (χ4n) is 2.19. The topological polar surface area (TPSA) is 62.0 Å². The minimum Gasteiger partial charge on any atom is -0.510 e. The van der Waals surface area contributed by atoms with E-state index in [1.54, 1.807) is 0 Å². The molecule has 1 aliphatic rings. The summed E-state index contributed by atoms with van der Waals surface area (Å²) in [5.41, 5.74) is 0.121. The van der Waals surface area contributed by atoms with Gasteiger partial charge in [-0.25, -0.2) is 0 Å². The van der Waals surface area contributed by atoms with Crippen LogP contribution in [0.1, 0.15) is 26.7 Å². The van der Waals surface area contributed by atoms with Crippen molar-refractivity contribution >= 4 is 23.2 Å². The molecule has 0 aromatic heterocycles. The van der Waals surface area contributed by atoms with Crippen LogP contribution in [0, 0.1) is 5.41 Å². The minimum absolute atomic E-state index is 0.0228. The van der Waals surface area contributed by atoms with E-state index in [-0.39, 0.29) is 22.7 Å². The fourth-order valence-corrected chi connectivity index (χ4v) is 2.69. The zero-order valence-electron chi connectivity index (χ0n) is 12.2. The van der Waals surface area contributed by atoms with E-state index in [1.165, 1.54) is 24.3 Å². The predicted molar refractivity (Wildman–Crippen MR) is 80.5 cm³/mol. The number of hydrogen-bond donors (Lipinski definition) is 1. The molecule has 7 heteroatoms. The van der Waals surface area contributed by atoms with E-state index in [0.717, 1.165) is 0 Å². The van der Waals surface area contributed by atoms with Gasteiger partial charge in [0.1, 0.15) is 5.76 Å². The number of Topliss-reactive ketones (excluding diaryl/α,β-unsaturated/α-hetero) is 1. The van der Waals surface area contributed by atoms with Crippen LogP contribution in [0.5, 0.6) is 0 Å². The van der Waals surface area contributed by atoms with Crippen LogP contribution >= 0.6 is 11.8 Å². The normalized spacial score (nSPS) is 18.5. The van der Waals surface area contributed by atoms with Gasteiger partial charge in [0.05, 0.1) is 5.69 Å². The van der Waals surface area contributed by atoms with E-state index in [1.807, 2.05) is 13.8 Å². The molecule has 0 fully saturated rings. The maximum Gasteiger partial charge on any atom is 0.288 e. The standard InChI is InChI=1S/C15H16F2N2O2S/c1-15(2)7-11(20)13(12(21)8-15)19-18-9-3-5-10(6-4-9)22-14(16)17/h3-6,14,20H,7-8H2,1-2H3. The zero-order chi connectivity index (χ0) is 16.3. The molecule has 0 aliphatic heterocycles. The molecular weight excluding hydrogens is 310 g/mol. The number of carbonyl (C=O) groups excluding carboxylic acids is 1. The van der Waals surface area contributed by atoms with Gasteiger partial charge in [0.2, 0.25) is 0 Å². The van der Waals surface area contributed by atoms with Gasteiger partial charge in [-0.2, -0.15) is 13.9 Å². The average molecular weight is 326 g/mol. The van der Waals surface area contributed by atoms with Crippen LogP contribution in [-0.4, -0.2) is 16.6 Å². The highest BCUT2D eigenvalue weighted by Gasteiger charge is 2.33. The Hall–Kier alpha value is -1.76. The lowest BCUT2D eigenvalue weighted by atomic mass is 9.78. The number of halogens is 2. The molecule has 118 valence electrons. The number of azo groups is 1. The lowest BCUT2D eigenvalue weighted by Gasteiger charge is -2.27. The third kappa shape index (κ3) is 4.37. The van der Waals surface area contributed by atoms with Crippen molar-refractivity contribution in [3.63, 3.8) is 0 Å². The number of nitrogens with zero attached hydrogens (tertiary/aromatic N) is 2. The van der Waals surface area contributed by atoms with Gasteiger partial charge in [-0.1, -0.05) is 25.6 Å². The first-order valence-corrected chi connectivity index (χ1v) is 7.57. The first-order chi connectivity index (χ1) is 10.3. The Balaban J connectivity index is 2.13. The zero-order valence-corrected chi connectivity index (χ0v) is 13.0. The Bertz CT molecular complexity index is 625. The third-order valence-corrected chi connectivity index (χ3v) is 3.87.